The number of esters is 1. The Morgan fingerprint density at radius 2 is 1.84 bits per heavy atom. The average Bonchev–Trinajstić information content (AvgIpc) is 3.07. The molecule has 138 valence electrons. The summed E-state index contributed by atoms with van der Waals surface area (Å²) < 4.78 is 16.1. The summed E-state index contributed by atoms with van der Waals surface area (Å²) in [4.78, 5) is 11.6. The first kappa shape index (κ1) is 21.2. The molecule has 5 nitrogen and oxygen atoms in total. The lowest BCUT2D eigenvalue weighted by Gasteiger charge is -2.04. The number of carbonyl (C=O) groups is 1. The summed E-state index contributed by atoms with van der Waals surface area (Å²) in [7, 11) is 0. The fraction of sp³-hybridized carbons (Fsp3) is 0.421. The second-order valence-corrected chi connectivity index (χ2v) is 5.29. The van der Waals surface area contributed by atoms with Gasteiger partial charge in [-0.1, -0.05) is 12.1 Å². The quantitative estimate of drug-likeness (QED) is 0.507. The third-order valence-electron chi connectivity index (χ3n) is 3.49. The fourth-order valence-electron chi connectivity index (χ4n) is 2.27. The standard InChI is InChI=1S/C19H25NO4.ClH/c1-3-22-13-5-12-20-14-17-10-11-18(24-17)15-6-8-16(9-7-15)19(21)23-4-2;/h6-11,20H,3-5,12-14H2,1-2H3;1H. The highest BCUT2D eigenvalue weighted by Crippen LogP contribution is 2.22. The first-order valence-electron chi connectivity index (χ1n) is 8.39. The predicted molar refractivity (Wildman–Crippen MR) is 100 cm³/mol. The zero-order chi connectivity index (χ0) is 17.2. The van der Waals surface area contributed by atoms with Crippen LogP contribution in [-0.2, 0) is 16.0 Å². The van der Waals surface area contributed by atoms with Gasteiger partial charge in [0.05, 0.1) is 18.7 Å². The SMILES string of the molecule is CCOCCCNCc1ccc(-c2ccc(C(=O)OCC)cc2)o1.Cl. The lowest BCUT2D eigenvalue weighted by atomic mass is 10.1. The second-order valence-electron chi connectivity index (χ2n) is 5.29. The number of nitrogens with one attached hydrogen (secondary N) is 1. The Bertz CT molecular complexity index is 625. The summed E-state index contributed by atoms with van der Waals surface area (Å²) in [5.41, 5.74) is 1.48. The van der Waals surface area contributed by atoms with Crippen LogP contribution in [0.1, 0.15) is 36.4 Å². The number of rotatable bonds is 10. The maximum absolute atomic E-state index is 11.6. The van der Waals surface area contributed by atoms with Gasteiger partial charge in [-0.25, -0.2) is 4.79 Å². The minimum Gasteiger partial charge on any atom is -0.462 e. The third-order valence-corrected chi connectivity index (χ3v) is 3.49. The molecule has 0 aliphatic heterocycles. The number of carbonyl (C=O) groups excluding carboxylic acids is 1. The smallest absolute Gasteiger partial charge is 0.338 e. The van der Waals surface area contributed by atoms with Gasteiger partial charge in [0, 0.05) is 18.8 Å². The molecule has 1 aromatic heterocycles. The van der Waals surface area contributed by atoms with E-state index in [0.717, 1.165) is 43.3 Å². The number of halogens is 1. The predicted octanol–water partition coefficient (Wildman–Crippen LogP) is 4.06. The van der Waals surface area contributed by atoms with Gasteiger partial charge in [-0.15, -0.1) is 12.4 Å². The van der Waals surface area contributed by atoms with Crippen molar-refractivity contribution in [1.29, 1.82) is 0 Å². The van der Waals surface area contributed by atoms with Crippen molar-refractivity contribution in [2.75, 3.05) is 26.4 Å². The van der Waals surface area contributed by atoms with Crippen LogP contribution in [0.25, 0.3) is 11.3 Å². The molecule has 0 bridgehead atoms. The molecular weight excluding hydrogens is 342 g/mol. The van der Waals surface area contributed by atoms with Gasteiger partial charge in [0.15, 0.2) is 0 Å². The molecular formula is C19H26ClNO4. The van der Waals surface area contributed by atoms with E-state index in [-0.39, 0.29) is 18.4 Å². The Morgan fingerprint density at radius 3 is 2.52 bits per heavy atom. The molecule has 0 radical (unpaired) electrons. The molecule has 0 amide bonds. The van der Waals surface area contributed by atoms with E-state index in [9.17, 15) is 4.79 Å². The zero-order valence-electron chi connectivity index (χ0n) is 14.7. The molecule has 2 aromatic rings. The Kier molecular flexibility index (Phi) is 9.92. The maximum atomic E-state index is 11.6. The van der Waals surface area contributed by atoms with Crippen molar-refractivity contribution in [3.63, 3.8) is 0 Å². The van der Waals surface area contributed by atoms with Crippen molar-refractivity contribution >= 4 is 18.4 Å². The number of hydrogen-bond donors (Lipinski definition) is 1. The summed E-state index contributed by atoms with van der Waals surface area (Å²) in [5.74, 6) is 1.37. The summed E-state index contributed by atoms with van der Waals surface area (Å²) in [6, 6.07) is 11.1. The summed E-state index contributed by atoms with van der Waals surface area (Å²) in [6.07, 6.45) is 0.983. The van der Waals surface area contributed by atoms with E-state index in [0.29, 0.717) is 18.7 Å². The van der Waals surface area contributed by atoms with Crippen LogP contribution in [-0.4, -0.2) is 32.3 Å². The van der Waals surface area contributed by atoms with Crippen molar-refractivity contribution in [2.45, 2.75) is 26.8 Å². The molecule has 25 heavy (non-hydrogen) atoms. The molecule has 0 unspecified atom stereocenters. The number of benzene rings is 1. The maximum Gasteiger partial charge on any atom is 0.338 e. The summed E-state index contributed by atoms with van der Waals surface area (Å²) >= 11 is 0. The van der Waals surface area contributed by atoms with Crippen LogP contribution in [0.5, 0.6) is 0 Å². The third kappa shape index (κ3) is 6.90. The van der Waals surface area contributed by atoms with Gasteiger partial charge in [-0.2, -0.15) is 0 Å². The largest absolute Gasteiger partial charge is 0.462 e. The molecule has 1 heterocycles. The van der Waals surface area contributed by atoms with Crippen molar-refractivity contribution < 1.29 is 18.7 Å². The van der Waals surface area contributed by atoms with E-state index in [1.807, 2.05) is 31.2 Å². The number of hydrogen-bond acceptors (Lipinski definition) is 5. The van der Waals surface area contributed by atoms with Crippen LogP contribution in [0.4, 0.5) is 0 Å². The molecule has 1 aromatic carbocycles. The molecule has 0 fully saturated rings. The lowest BCUT2D eigenvalue weighted by molar-refractivity contribution is 0.0526. The molecule has 6 heteroatoms. The van der Waals surface area contributed by atoms with Gasteiger partial charge in [0.25, 0.3) is 0 Å². The van der Waals surface area contributed by atoms with Gasteiger partial charge in [-0.05, 0) is 51.1 Å². The number of furan rings is 1. The summed E-state index contributed by atoms with van der Waals surface area (Å²) in [6.45, 7) is 7.28. The second kappa shape index (κ2) is 11.7. The van der Waals surface area contributed by atoms with Crippen LogP contribution in [0.2, 0.25) is 0 Å². The topological polar surface area (TPSA) is 60.7 Å². The van der Waals surface area contributed by atoms with Crippen LogP contribution in [0.3, 0.4) is 0 Å². The van der Waals surface area contributed by atoms with E-state index in [2.05, 4.69) is 5.32 Å². The average molecular weight is 368 g/mol. The minimum absolute atomic E-state index is 0. The van der Waals surface area contributed by atoms with Crippen LogP contribution >= 0.6 is 12.4 Å². The van der Waals surface area contributed by atoms with Crippen molar-refractivity contribution in [3.8, 4) is 11.3 Å². The van der Waals surface area contributed by atoms with E-state index in [1.54, 1.807) is 19.1 Å². The van der Waals surface area contributed by atoms with Gasteiger partial charge in [-0.3, -0.25) is 0 Å². The molecule has 0 aliphatic carbocycles. The van der Waals surface area contributed by atoms with Crippen LogP contribution in [0, 0.1) is 0 Å². The van der Waals surface area contributed by atoms with Crippen LogP contribution in [0.15, 0.2) is 40.8 Å². The van der Waals surface area contributed by atoms with E-state index in [1.165, 1.54) is 0 Å². The fourth-order valence-corrected chi connectivity index (χ4v) is 2.27. The van der Waals surface area contributed by atoms with Gasteiger partial charge >= 0.3 is 5.97 Å². The highest BCUT2D eigenvalue weighted by atomic mass is 35.5. The molecule has 0 aliphatic rings. The zero-order valence-corrected chi connectivity index (χ0v) is 15.6. The minimum atomic E-state index is -0.305. The van der Waals surface area contributed by atoms with Gasteiger partial charge in [0.1, 0.15) is 11.5 Å². The molecule has 0 atom stereocenters. The van der Waals surface area contributed by atoms with Crippen LogP contribution < -0.4 is 5.32 Å². The van der Waals surface area contributed by atoms with Crippen molar-refractivity contribution in [1.82, 2.24) is 5.32 Å². The number of ether oxygens (including phenoxy) is 2. The monoisotopic (exact) mass is 367 g/mol. The van der Waals surface area contributed by atoms with Crippen molar-refractivity contribution in [3.05, 3.63) is 47.7 Å². The Morgan fingerprint density at radius 1 is 1.08 bits per heavy atom. The normalized spacial score (nSPS) is 10.3. The molecule has 0 saturated carbocycles. The lowest BCUT2D eigenvalue weighted by Crippen LogP contribution is -2.15. The van der Waals surface area contributed by atoms with Gasteiger partial charge in [0.2, 0.25) is 0 Å². The van der Waals surface area contributed by atoms with Crippen molar-refractivity contribution in [2.24, 2.45) is 0 Å². The van der Waals surface area contributed by atoms with Gasteiger partial charge < -0.3 is 19.2 Å². The highest BCUT2D eigenvalue weighted by Gasteiger charge is 2.08. The first-order valence-corrected chi connectivity index (χ1v) is 8.39. The van der Waals surface area contributed by atoms with E-state index < -0.39 is 0 Å². The Labute approximate surface area is 155 Å². The Balaban J connectivity index is 0.00000312. The summed E-state index contributed by atoms with van der Waals surface area (Å²) in [5, 5.41) is 3.33. The van der Waals surface area contributed by atoms with E-state index in [4.69, 9.17) is 13.9 Å². The molecule has 1 N–H and O–H groups in total. The molecule has 2 rings (SSSR count). The Hall–Kier alpha value is -1.82. The first-order chi connectivity index (χ1) is 11.7. The highest BCUT2D eigenvalue weighted by molar-refractivity contribution is 5.89. The molecule has 0 spiro atoms. The molecule has 0 saturated heterocycles. The van der Waals surface area contributed by atoms with E-state index >= 15 is 0 Å².